The third-order valence-corrected chi connectivity index (χ3v) is 3.52. The number of hydrogen-bond donors (Lipinski definition) is 2. The first kappa shape index (κ1) is 16.5. The number of aryl methyl sites for hydroxylation is 1. The summed E-state index contributed by atoms with van der Waals surface area (Å²) in [6.07, 6.45) is 0. The molecule has 6 nitrogen and oxygen atoms in total. The quantitative estimate of drug-likeness (QED) is 0.824. The maximum atomic E-state index is 12.8. The van der Waals surface area contributed by atoms with Crippen molar-refractivity contribution >= 4 is 5.78 Å². The average molecular weight is 318 g/mol. The van der Waals surface area contributed by atoms with E-state index in [4.69, 9.17) is 14.2 Å². The smallest absolute Gasteiger partial charge is 0.200 e. The Balaban J connectivity index is 2.60. The standard InChI is InChI=1S/C17H18O6/c1-9-5-6-11(17(23-4)14(9)18)15(19)10-7-12(21-2)16(20)13(8-10)22-3/h5-8,18,20H,1-4H3. The molecule has 0 saturated carbocycles. The van der Waals surface area contributed by atoms with Gasteiger partial charge >= 0.3 is 0 Å². The van der Waals surface area contributed by atoms with E-state index in [0.717, 1.165) is 0 Å². The highest BCUT2D eigenvalue weighted by Gasteiger charge is 2.22. The highest BCUT2D eigenvalue weighted by molar-refractivity contribution is 6.11. The third kappa shape index (κ3) is 2.88. The number of ketones is 1. The molecule has 2 N–H and O–H groups in total. The molecule has 6 heteroatoms. The second kappa shape index (κ2) is 6.48. The van der Waals surface area contributed by atoms with Gasteiger partial charge in [0.25, 0.3) is 0 Å². The van der Waals surface area contributed by atoms with Crippen LogP contribution >= 0.6 is 0 Å². The summed E-state index contributed by atoms with van der Waals surface area (Å²) >= 11 is 0. The number of carbonyl (C=O) groups excluding carboxylic acids is 1. The van der Waals surface area contributed by atoms with Crippen molar-refractivity contribution < 1.29 is 29.2 Å². The van der Waals surface area contributed by atoms with Crippen LogP contribution in [0.25, 0.3) is 0 Å². The van der Waals surface area contributed by atoms with Gasteiger partial charge in [0.05, 0.1) is 26.9 Å². The Morgan fingerprint density at radius 3 is 1.96 bits per heavy atom. The van der Waals surface area contributed by atoms with Gasteiger partial charge < -0.3 is 24.4 Å². The van der Waals surface area contributed by atoms with Gasteiger partial charge in [-0.3, -0.25) is 4.79 Å². The highest BCUT2D eigenvalue weighted by Crippen LogP contribution is 2.39. The summed E-state index contributed by atoms with van der Waals surface area (Å²) in [6.45, 7) is 1.71. The monoisotopic (exact) mass is 318 g/mol. The van der Waals surface area contributed by atoms with Crippen molar-refractivity contribution in [2.24, 2.45) is 0 Å². The third-order valence-electron chi connectivity index (χ3n) is 3.52. The van der Waals surface area contributed by atoms with Crippen LogP contribution in [-0.4, -0.2) is 37.3 Å². The van der Waals surface area contributed by atoms with Crippen molar-refractivity contribution in [2.45, 2.75) is 6.92 Å². The van der Waals surface area contributed by atoms with E-state index in [1.54, 1.807) is 19.1 Å². The second-order valence-corrected chi connectivity index (χ2v) is 4.87. The number of methoxy groups -OCH3 is 3. The molecule has 2 aromatic carbocycles. The fourth-order valence-corrected chi connectivity index (χ4v) is 2.24. The molecule has 0 aliphatic carbocycles. The summed E-state index contributed by atoms with van der Waals surface area (Å²) in [5.41, 5.74) is 1.03. The Morgan fingerprint density at radius 1 is 0.913 bits per heavy atom. The van der Waals surface area contributed by atoms with Crippen LogP contribution in [0.5, 0.6) is 28.7 Å². The van der Waals surface area contributed by atoms with Crippen molar-refractivity contribution in [2.75, 3.05) is 21.3 Å². The van der Waals surface area contributed by atoms with Crippen LogP contribution < -0.4 is 14.2 Å². The Hall–Kier alpha value is -2.89. The zero-order valence-electron chi connectivity index (χ0n) is 13.3. The van der Waals surface area contributed by atoms with E-state index in [0.29, 0.717) is 5.56 Å². The molecule has 122 valence electrons. The lowest BCUT2D eigenvalue weighted by atomic mass is 9.99. The van der Waals surface area contributed by atoms with Crippen molar-refractivity contribution in [1.29, 1.82) is 0 Å². The van der Waals surface area contributed by atoms with E-state index in [9.17, 15) is 15.0 Å². The molecule has 2 rings (SSSR count). The lowest BCUT2D eigenvalue weighted by molar-refractivity contribution is 0.103. The highest BCUT2D eigenvalue weighted by atomic mass is 16.5. The van der Waals surface area contributed by atoms with Gasteiger partial charge in [0.15, 0.2) is 28.8 Å². The SMILES string of the molecule is COc1cc(C(=O)c2ccc(C)c(O)c2OC)cc(OC)c1O. The van der Waals surface area contributed by atoms with Gasteiger partial charge in [-0.2, -0.15) is 0 Å². The number of phenols is 2. The first-order valence-corrected chi connectivity index (χ1v) is 6.80. The molecule has 0 atom stereocenters. The molecule has 0 bridgehead atoms. The largest absolute Gasteiger partial charge is 0.504 e. The molecule has 0 aromatic heterocycles. The van der Waals surface area contributed by atoms with Crippen LogP contribution in [0.3, 0.4) is 0 Å². The van der Waals surface area contributed by atoms with Crippen LogP contribution in [0.2, 0.25) is 0 Å². The van der Waals surface area contributed by atoms with Gasteiger partial charge in [0, 0.05) is 5.56 Å². The predicted octanol–water partition coefficient (Wildman–Crippen LogP) is 2.66. The normalized spacial score (nSPS) is 10.3. The fraction of sp³-hybridized carbons (Fsp3) is 0.235. The van der Waals surface area contributed by atoms with Gasteiger partial charge in [-0.25, -0.2) is 0 Å². The topological polar surface area (TPSA) is 85.2 Å². The Kier molecular flexibility index (Phi) is 4.64. The molecular weight excluding hydrogens is 300 g/mol. The number of hydrogen-bond acceptors (Lipinski definition) is 6. The summed E-state index contributed by atoms with van der Waals surface area (Å²) in [5, 5.41) is 20.0. The molecule has 2 aromatic rings. The van der Waals surface area contributed by atoms with Gasteiger partial charge in [0.1, 0.15) is 0 Å². The van der Waals surface area contributed by atoms with E-state index in [1.807, 2.05) is 0 Å². The van der Waals surface area contributed by atoms with Crippen molar-refractivity contribution in [3.63, 3.8) is 0 Å². The van der Waals surface area contributed by atoms with Gasteiger partial charge in [0.2, 0.25) is 5.75 Å². The summed E-state index contributed by atoms with van der Waals surface area (Å²) in [6, 6.07) is 6.00. The van der Waals surface area contributed by atoms with Crippen molar-refractivity contribution in [1.82, 2.24) is 0 Å². The van der Waals surface area contributed by atoms with Gasteiger partial charge in [-0.05, 0) is 30.7 Å². The van der Waals surface area contributed by atoms with Crippen molar-refractivity contribution in [3.8, 4) is 28.7 Å². The van der Waals surface area contributed by atoms with E-state index in [-0.39, 0.29) is 39.9 Å². The minimum atomic E-state index is -0.395. The lowest BCUT2D eigenvalue weighted by Crippen LogP contribution is -2.06. The first-order chi connectivity index (χ1) is 10.9. The van der Waals surface area contributed by atoms with Crippen LogP contribution in [0.1, 0.15) is 21.5 Å². The summed E-state index contributed by atoms with van der Waals surface area (Å²) in [4.78, 5) is 12.8. The number of carbonyl (C=O) groups is 1. The summed E-state index contributed by atoms with van der Waals surface area (Å²) in [5.74, 6) is -0.345. The number of benzene rings is 2. The maximum absolute atomic E-state index is 12.8. The molecule has 0 unspecified atom stereocenters. The molecule has 0 heterocycles. The molecule has 0 amide bonds. The van der Waals surface area contributed by atoms with Gasteiger partial charge in [-0.15, -0.1) is 0 Å². The molecule has 0 fully saturated rings. The Morgan fingerprint density at radius 2 is 1.48 bits per heavy atom. The predicted molar refractivity (Wildman–Crippen MR) is 84.0 cm³/mol. The first-order valence-electron chi connectivity index (χ1n) is 6.80. The number of rotatable bonds is 5. The zero-order valence-corrected chi connectivity index (χ0v) is 13.3. The molecule has 0 radical (unpaired) electrons. The molecule has 0 spiro atoms. The lowest BCUT2D eigenvalue weighted by Gasteiger charge is -2.13. The van der Waals surface area contributed by atoms with E-state index >= 15 is 0 Å². The number of ether oxygens (including phenoxy) is 3. The van der Waals surface area contributed by atoms with E-state index < -0.39 is 5.78 Å². The van der Waals surface area contributed by atoms with Crippen LogP contribution in [0.4, 0.5) is 0 Å². The molecule has 23 heavy (non-hydrogen) atoms. The molecule has 0 aliphatic heterocycles. The summed E-state index contributed by atoms with van der Waals surface area (Å²) in [7, 11) is 4.13. The number of aromatic hydroxyl groups is 2. The molecular formula is C17H18O6. The summed E-state index contributed by atoms with van der Waals surface area (Å²) < 4.78 is 15.3. The average Bonchev–Trinajstić information content (AvgIpc) is 2.56. The number of phenolic OH excluding ortho intramolecular Hbond substituents is 2. The Bertz CT molecular complexity index is 726. The second-order valence-electron chi connectivity index (χ2n) is 4.87. The van der Waals surface area contributed by atoms with Crippen LogP contribution in [0, 0.1) is 6.92 Å². The molecule has 0 aliphatic rings. The fourth-order valence-electron chi connectivity index (χ4n) is 2.24. The van der Waals surface area contributed by atoms with Gasteiger partial charge in [-0.1, -0.05) is 6.07 Å². The molecule has 0 saturated heterocycles. The zero-order chi connectivity index (χ0) is 17.1. The minimum absolute atomic E-state index is 0.0870. The van der Waals surface area contributed by atoms with E-state index in [1.165, 1.54) is 33.5 Å². The Labute approximate surface area is 133 Å². The van der Waals surface area contributed by atoms with Crippen LogP contribution in [-0.2, 0) is 0 Å². The minimum Gasteiger partial charge on any atom is -0.504 e. The maximum Gasteiger partial charge on any atom is 0.200 e. The van der Waals surface area contributed by atoms with Crippen LogP contribution in [0.15, 0.2) is 24.3 Å². The van der Waals surface area contributed by atoms with E-state index in [2.05, 4.69) is 0 Å². The van der Waals surface area contributed by atoms with Crippen molar-refractivity contribution in [3.05, 3.63) is 41.0 Å².